The number of fused-ring (bicyclic) bond motifs is 2. The highest BCUT2D eigenvalue weighted by Gasteiger charge is 2.21. The van der Waals surface area contributed by atoms with E-state index in [1.54, 1.807) is 19.2 Å². The zero-order chi connectivity index (χ0) is 18.3. The van der Waals surface area contributed by atoms with Gasteiger partial charge in [0, 0.05) is 11.8 Å². The Bertz CT molecular complexity index is 989. The standard InChI is InChI=1S/C17H17FN6O2/c1-9-6-19-16(25)13-8-21-24-4-3-14(23-15(13)24)22-10(2)12-5-11(18)7-20-17(12)26-9/h3-5,7-10H,6H2,1-2H3,(H,19,25)(H,22,23)/t9-,10-/m0/s1. The number of hydrogen-bond acceptors (Lipinski definition) is 6. The lowest BCUT2D eigenvalue weighted by molar-refractivity contribution is 0.0932. The Morgan fingerprint density at radius 3 is 3.04 bits per heavy atom. The number of aromatic nitrogens is 4. The third-order valence-corrected chi connectivity index (χ3v) is 4.15. The van der Waals surface area contributed by atoms with Crippen molar-refractivity contribution in [1.29, 1.82) is 0 Å². The highest BCUT2D eigenvalue weighted by molar-refractivity contribution is 5.99. The van der Waals surface area contributed by atoms with Crippen LogP contribution in [-0.2, 0) is 0 Å². The van der Waals surface area contributed by atoms with Gasteiger partial charge in [0.2, 0.25) is 5.88 Å². The number of nitrogens with one attached hydrogen (secondary N) is 2. The Balaban J connectivity index is 1.82. The number of ether oxygens (including phenoxy) is 1. The van der Waals surface area contributed by atoms with Crippen LogP contribution in [0.1, 0.15) is 35.8 Å². The number of rotatable bonds is 0. The molecule has 1 amide bonds. The molecule has 134 valence electrons. The van der Waals surface area contributed by atoms with E-state index in [4.69, 9.17) is 4.74 Å². The average Bonchev–Trinajstić information content (AvgIpc) is 3.03. The summed E-state index contributed by atoms with van der Waals surface area (Å²) in [7, 11) is 0. The maximum absolute atomic E-state index is 13.7. The van der Waals surface area contributed by atoms with E-state index in [9.17, 15) is 9.18 Å². The predicted molar refractivity (Wildman–Crippen MR) is 91.6 cm³/mol. The molecule has 0 aliphatic carbocycles. The first-order valence-electron chi connectivity index (χ1n) is 8.22. The summed E-state index contributed by atoms with van der Waals surface area (Å²) in [6.07, 6.45) is 3.93. The molecule has 0 radical (unpaired) electrons. The third kappa shape index (κ3) is 2.92. The molecular formula is C17H17FN6O2. The number of carbonyl (C=O) groups excluding carboxylic acids is 1. The van der Waals surface area contributed by atoms with Crippen LogP contribution in [0, 0.1) is 5.82 Å². The molecule has 9 heteroatoms. The number of nitrogens with zero attached hydrogens (tertiary/aromatic N) is 4. The van der Waals surface area contributed by atoms with Crippen LogP contribution in [0.5, 0.6) is 5.88 Å². The van der Waals surface area contributed by atoms with Gasteiger partial charge >= 0.3 is 0 Å². The minimum atomic E-state index is -0.451. The van der Waals surface area contributed by atoms with Crippen molar-refractivity contribution in [3.8, 4) is 5.88 Å². The molecule has 1 aliphatic rings. The van der Waals surface area contributed by atoms with Crippen molar-refractivity contribution >= 4 is 17.4 Å². The van der Waals surface area contributed by atoms with Crippen molar-refractivity contribution in [3.63, 3.8) is 0 Å². The lowest BCUT2D eigenvalue weighted by Gasteiger charge is -2.20. The molecule has 0 saturated heterocycles. The van der Waals surface area contributed by atoms with E-state index < -0.39 is 5.82 Å². The van der Waals surface area contributed by atoms with Gasteiger partial charge in [-0.2, -0.15) is 5.10 Å². The van der Waals surface area contributed by atoms with Gasteiger partial charge < -0.3 is 15.4 Å². The molecular weight excluding hydrogens is 339 g/mol. The third-order valence-electron chi connectivity index (χ3n) is 4.15. The fourth-order valence-corrected chi connectivity index (χ4v) is 2.82. The summed E-state index contributed by atoms with van der Waals surface area (Å²) in [5, 5.41) is 10.1. The smallest absolute Gasteiger partial charge is 0.256 e. The Hall–Kier alpha value is -3.23. The fourth-order valence-electron chi connectivity index (χ4n) is 2.82. The van der Waals surface area contributed by atoms with Gasteiger partial charge in [-0.25, -0.2) is 18.9 Å². The van der Waals surface area contributed by atoms with Gasteiger partial charge in [0.1, 0.15) is 23.3 Å². The summed E-state index contributed by atoms with van der Waals surface area (Å²) in [4.78, 5) is 21.0. The van der Waals surface area contributed by atoms with Crippen molar-refractivity contribution in [2.45, 2.75) is 26.0 Å². The average molecular weight is 356 g/mol. The maximum Gasteiger partial charge on any atom is 0.256 e. The largest absolute Gasteiger partial charge is 0.473 e. The molecule has 4 rings (SSSR count). The van der Waals surface area contributed by atoms with Gasteiger partial charge in [-0.15, -0.1) is 0 Å². The summed E-state index contributed by atoms with van der Waals surface area (Å²) in [5.74, 6) is 0.103. The summed E-state index contributed by atoms with van der Waals surface area (Å²) in [5.41, 5.74) is 1.37. The molecule has 3 aromatic heterocycles. The van der Waals surface area contributed by atoms with E-state index >= 15 is 0 Å². The molecule has 4 heterocycles. The second-order valence-electron chi connectivity index (χ2n) is 6.19. The molecule has 0 saturated carbocycles. The van der Waals surface area contributed by atoms with Crippen molar-refractivity contribution in [3.05, 3.63) is 47.7 Å². The lowest BCUT2D eigenvalue weighted by Crippen LogP contribution is -2.34. The number of carbonyl (C=O) groups is 1. The summed E-state index contributed by atoms with van der Waals surface area (Å²) >= 11 is 0. The highest BCUT2D eigenvalue weighted by atomic mass is 19.1. The van der Waals surface area contributed by atoms with Crippen LogP contribution in [0.25, 0.3) is 5.65 Å². The van der Waals surface area contributed by atoms with Crippen molar-refractivity contribution in [1.82, 2.24) is 24.9 Å². The summed E-state index contributed by atoms with van der Waals surface area (Å²) in [6.45, 7) is 3.93. The van der Waals surface area contributed by atoms with Gasteiger partial charge in [0.25, 0.3) is 5.91 Å². The number of pyridine rings is 1. The molecule has 0 fully saturated rings. The monoisotopic (exact) mass is 356 g/mol. The molecule has 2 atom stereocenters. The van der Waals surface area contributed by atoms with E-state index in [1.807, 2.05) is 6.92 Å². The molecule has 8 nitrogen and oxygen atoms in total. The van der Waals surface area contributed by atoms with E-state index in [0.29, 0.717) is 28.5 Å². The first-order chi connectivity index (χ1) is 12.5. The topological polar surface area (TPSA) is 93.4 Å². The fraction of sp³-hybridized carbons (Fsp3) is 0.294. The van der Waals surface area contributed by atoms with Gasteiger partial charge in [-0.3, -0.25) is 4.79 Å². The van der Waals surface area contributed by atoms with E-state index in [1.165, 1.54) is 16.8 Å². The Labute approximate surface area is 148 Å². The maximum atomic E-state index is 13.7. The Kier molecular flexibility index (Phi) is 3.90. The van der Waals surface area contributed by atoms with Crippen LogP contribution >= 0.6 is 0 Å². The number of anilines is 1. The molecule has 0 unspecified atom stereocenters. The van der Waals surface area contributed by atoms with Gasteiger partial charge in [0.15, 0.2) is 5.65 Å². The molecule has 0 spiro atoms. The second kappa shape index (κ2) is 6.25. The van der Waals surface area contributed by atoms with Crippen LogP contribution < -0.4 is 15.4 Å². The quantitative estimate of drug-likeness (QED) is 0.639. The Morgan fingerprint density at radius 1 is 1.35 bits per heavy atom. The van der Waals surface area contributed by atoms with E-state index in [2.05, 4.69) is 25.7 Å². The van der Waals surface area contributed by atoms with Crippen LogP contribution in [-0.4, -0.2) is 38.1 Å². The van der Waals surface area contributed by atoms with Crippen molar-refractivity contribution in [2.24, 2.45) is 0 Å². The first-order valence-corrected chi connectivity index (χ1v) is 8.22. The lowest BCUT2D eigenvalue weighted by atomic mass is 10.1. The van der Waals surface area contributed by atoms with E-state index in [-0.39, 0.29) is 24.6 Å². The van der Waals surface area contributed by atoms with Crippen LogP contribution in [0.3, 0.4) is 0 Å². The van der Waals surface area contributed by atoms with Crippen LogP contribution in [0.4, 0.5) is 10.2 Å². The van der Waals surface area contributed by atoms with Crippen molar-refractivity contribution < 1.29 is 13.9 Å². The van der Waals surface area contributed by atoms with Gasteiger partial charge in [0.05, 0.1) is 25.0 Å². The first kappa shape index (κ1) is 16.2. The van der Waals surface area contributed by atoms with Crippen LogP contribution in [0.15, 0.2) is 30.7 Å². The molecule has 0 aromatic carbocycles. The zero-order valence-electron chi connectivity index (χ0n) is 14.2. The Morgan fingerprint density at radius 2 is 2.19 bits per heavy atom. The molecule has 26 heavy (non-hydrogen) atoms. The minimum Gasteiger partial charge on any atom is -0.473 e. The predicted octanol–water partition coefficient (Wildman–Crippen LogP) is 1.95. The van der Waals surface area contributed by atoms with Gasteiger partial charge in [-0.1, -0.05) is 0 Å². The number of hydrogen-bond donors (Lipinski definition) is 2. The molecule has 1 aliphatic heterocycles. The van der Waals surface area contributed by atoms with E-state index in [0.717, 1.165) is 6.20 Å². The zero-order valence-corrected chi connectivity index (χ0v) is 14.2. The normalized spacial score (nSPS) is 20.2. The summed E-state index contributed by atoms with van der Waals surface area (Å²) in [6, 6.07) is 2.80. The molecule has 3 aromatic rings. The highest BCUT2D eigenvalue weighted by Crippen LogP contribution is 2.27. The van der Waals surface area contributed by atoms with Crippen LogP contribution in [0.2, 0.25) is 0 Å². The molecule has 2 bridgehead atoms. The van der Waals surface area contributed by atoms with Gasteiger partial charge in [-0.05, 0) is 26.0 Å². The molecule has 2 N–H and O–H groups in total. The minimum absolute atomic E-state index is 0.260. The SMILES string of the molecule is C[C@@H]1Nc2ccn3ncc(c3n2)C(=O)NC[C@H](C)Oc2ncc(F)cc21. The summed E-state index contributed by atoms with van der Waals surface area (Å²) < 4.78 is 21.1. The van der Waals surface area contributed by atoms with Crippen molar-refractivity contribution in [2.75, 3.05) is 11.9 Å². The number of amides is 1. The number of halogens is 1. The second-order valence-corrected chi connectivity index (χ2v) is 6.19.